The summed E-state index contributed by atoms with van der Waals surface area (Å²) >= 11 is 0. The molecule has 29 heavy (non-hydrogen) atoms. The standard InChI is InChI=1S/C23H31N3O3/c1-4-12-24-22(28)23(10-13-26(14-11-23)21(27)17(2)3)16-19-15-20(25-29-19)18-8-6-5-7-9-18/h4-9,17,19H,1,10-16H2,2-3H3,(H,24,28)/t19-/m0/s1. The van der Waals surface area contributed by atoms with Crippen LogP contribution in [-0.2, 0) is 14.4 Å². The molecule has 1 aromatic carbocycles. The maximum atomic E-state index is 13.1. The summed E-state index contributed by atoms with van der Waals surface area (Å²) in [6, 6.07) is 9.98. The van der Waals surface area contributed by atoms with Gasteiger partial charge in [0.2, 0.25) is 11.8 Å². The lowest BCUT2D eigenvalue weighted by Gasteiger charge is -2.42. The van der Waals surface area contributed by atoms with Crippen molar-refractivity contribution >= 4 is 17.5 Å². The van der Waals surface area contributed by atoms with Gasteiger partial charge in [-0.1, -0.05) is 55.4 Å². The molecular formula is C23H31N3O3. The van der Waals surface area contributed by atoms with Gasteiger partial charge in [-0.25, -0.2) is 0 Å². The van der Waals surface area contributed by atoms with Crippen LogP contribution >= 0.6 is 0 Å². The van der Waals surface area contributed by atoms with E-state index < -0.39 is 5.41 Å². The fourth-order valence-corrected chi connectivity index (χ4v) is 4.17. The van der Waals surface area contributed by atoms with Crippen LogP contribution in [-0.4, -0.2) is 48.2 Å². The van der Waals surface area contributed by atoms with Gasteiger partial charge in [0.1, 0.15) is 6.10 Å². The SMILES string of the molecule is C=CCNC(=O)C1(C[C@@H]2CC(c3ccccc3)=NO2)CCN(C(=O)C(C)C)CC1. The van der Waals surface area contributed by atoms with Gasteiger partial charge in [-0.3, -0.25) is 9.59 Å². The van der Waals surface area contributed by atoms with Gasteiger partial charge in [0.15, 0.2) is 0 Å². The van der Waals surface area contributed by atoms with Crippen LogP contribution in [0.4, 0.5) is 0 Å². The highest BCUT2D eigenvalue weighted by Gasteiger charge is 2.45. The van der Waals surface area contributed by atoms with E-state index in [2.05, 4.69) is 17.1 Å². The van der Waals surface area contributed by atoms with Gasteiger partial charge < -0.3 is 15.1 Å². The van der Waals surface area contributed by atoms with Gasteiger partial charge in [-0.15, -0.1) is 6.58 Å². The smallest absolute Gasteiger partial charge is 0.226 e. The number of nitrogens with one attached hydrogen (secondary N) is 1. The minimum Gasteiger partial charge on any atom is -0.392 e. The molecule has 1 fully saturated rings. The van der Waals surface area contributed by atoms with E-state index in [0.29, 0.717) is 45.3 Å². The topological polar surface area (TPSA) is 71.0 Å². The average Bonchev–Trinajstić information content (AvgIpc) is 3.20. The molecule has 1 aromatic rings. The summed E-state index contributed by atoms with van der Waals surface area (Å²) in [5.74, 6) is 0.139. The second kappa shape index (κ2) is 9.25. The molecule has 0 unspecified atom stereocenters. The Hall–Kier alpha value is -2.63. The van der Waals surface area contributed by atoms with Gasteiger partial charge in [-0.05, 0) is 18.4 Å². The number of hydrogen-bond donors (Lipinski definition) is 1. The quantitative estimate of drug-likeness (QED) is 0.719. The Kier molecular flexibility index (Phi) is 6.72. The minimum absolute atomic E-state index is 0.0193. The average molecular weight is 398 g/mol. The Morgan fingerprint density at radius 2 is 2.00 bits per heavy atom. The Morgan fingerprint density at radius 1 is 1.31 bits per heavy atom. The zero-order valence-corrected chi connectivity index (χ0v) is 17.4. The Bertz CT molecular complexity index is 765. The molecule has 2 aliphatic rings. The first-order chi connectivity index (χ1) is 13.9. The summed E-state index contributed by atoms with van der Waals surface area (Å²) < 4.78 is 0. The molecule has 0 saturated carbocycles. The number of benzene rings is 1. The molecule has 0 aliphatic carbocycles. The molecule has 0 radical (unpaired) electrons. The Labute approximate surface area is 173 Å². The summed E-state index contributed by atoms with van der Waals surface area (Å²) in [7, 11) is 0. The van der Waals surface area contributed by atoms with Crippen molar-refractivity contribution in [2.75, 3.05) is 19.6 Å². The largest absolute Gasteiger partial charge is 0.392 e. The van der Waals surface area contributed by atoms with Crippen molar-refractivity contribution in [3.05, 3.63) is 48.6 Å². The highest BCUT2D eigenvalue weighted by atomic mass is 16.6. The summed E-state index contributed by atoms with van der Waals surface area (Å²) in [5, 5.41) is 7.25. The van der Waals surface area contributed by atoms with E-state index in [1.165, 1.54) is 0 Å². The number of likely N-dealkylation sites (tertiary alicyclic amines) is 1. The predicted molar refractivity (Wildman–Crippen MR) is 113 cm³/mol. The third-order valence-corrected chi connectivity index (χ3v) is 5.87. The lowest BCUT2D eigenvalue weighted by atomic mass is 9.72. The minimum atomic E-state index is -0.552. The molecule has 3 rings (SSSR count). The first-order valence-electron chi connectivity index (χ1n) is 10.4. The highest BCUT2D eigenvalue weighted by Crippen LogP contribution is 2.39. The van der Waals surface area contributed by atoms with E-state index >= 15 is 0 Å². The van der Waals surface area contributed by atoms with Crippen LogP contribution in [0, 0.1) is 11.3 Å². The molecule has 1 N–H and O–H groups in total. The molecule has 2 amide bonds. The molecule has 1 atom stereocenters. The zero-order valence-electron chi connectivity index (χ0n) is 17.4. The third-order valence-electron chi connectivity index (χ3n) is 5.87. The number of piperidine rings is 1. The number of carbonyl (C=O) groups excluding carboxylic acids is 2. The van der Waals surface area contributed by atoms with Crippen LogP contribution < -0.4 is 5.32 Å². The van der Waals surface area contributed by atoms with E-state index in [1.54, 1.807) is 6.08 Å². The second-order valence-corrected chi connectivity index (χ2v) is 8.30. The van der Waals surface area contributed by atoms with Crippen molar-refractivity contribution < 1.29 is 14.4 Å². The molecule has 0 aromatic heterocycles. The van der Waals surface area contributed by atoms with Gasteiger partial charge in [0, 0.05) is 38.4 Å². The van der Waals surface area contributed by atoms with Crippen molar-refractivity contribution in [3.8, 4) is 0 Å². The monoisotopic (exact) mass is 397 g/mol. The van der Waals surface area contributed by atoms with Crippen molar-refractivity contribution in [1.82, 2.24) is 10.2 Å². The zero-order chi connectivity index (χ0) is 20.9. The number of oxime groups is 1. The Morgan fingerprint density at radius 3 is 2.62 bits per heavy atom. The number of carbonyl (C=O) groups is 2. The van der Waals surface area contributed by atoms with E-state index in [1.807, 2.05) is 49.1 Å². The van der Waals surface area contributed by atoms with Gasteiger partial charge >= 0.3 is 0 Å². The van der Waals surface area contributed by atoms with E-state index in [4.69, 9.17) is 4.84 Å². The fourth-order valence-electron chi connectivity index (χ4n) is 4.17. The van der Waals surface area contributed by atoms with Crippen molar-refractivity contribution in [3.63, 3.8) is 0 Å². The molecule has 156 valence electrons. The van der Waals surface area contributed by atoms with Crippen molar-refractivity contribution in [1.29, 1.82) is 0 Å². The van der Waals surface area contributed by atoms with Crippen LogP contribution in [0.3, 0.4) is 0 Å². The van der Waals surface area contributed by atoms with Crippen molar-refractivity contribution in [2.45, 2.75) is 45.6 Å². The first kappa shape index (κ1) is 21.1. The maximum Gasteiger partial charge on any atom is 0.226 e. The summed E-state index contributed by atoms with van der Waals surface area (Å²) in [6.07, 6.45) is 4.11. The predicted octanol–water partition coefficient (Wildman–Crippen LogP) is 3.14. The molecule has 0 bridgehead atoms. The molecule has 0 spiro atoms. The van der Waals surface area contributed by atoms with Crippen molar-refractivity contribution in [2.24, 2.45) is 16.5 Å². The maximum absolute atomic E-state index is 13.1. The highest BCUT2D eigenvalue weighted by molar-refractivity contribution is 6.01. The second-order valence-electron chi connectivity index (χ2n) is 8.30. The van der Waals surface area contributed by atoms with Crippen LogP contribution in [0.15, 0.2) is 48.1 Å². The van der Waals surface area contributed by atoms with Gasteiger partial charge in [0.25, 0.3) is 0 Å². The number of rotatable bonds is 7. The number of nitrogens with zero attached hydrogens (tertiary/aromatic N) is 2. The number of hydrogen-bond acceptors (Lipinski definition) is 4. The van der Waals surface area contributed by atoms with Gasteiger partial charge in [-0.2, -0.15) is 0 Å². The normalized spacial score (nSPS) is 20.7. The summed E-state index contributed by atoms with van der Waals surface area (Å²) in [6.45, 7) is 9.14. The molecule has 6 nitrogen and oxygen atoms in total. The van der Waals surface area contributed by atoms with Crippen LogP contribution in [0.25, 0.3) is 0 Å². The molecule has 2 heterocycles. The summed E-state index contributed by atoms with van der Waals surface area (Å²) in [5.41, 5.74) is 1.42. The lowest BCUT2D eigenvalue weighted by Crippen LogP contribution is -2.52. The number of amides is 2. The van der Waals surface area contributed by atoms with Crippen LogP contribution in [0.2, 0.25) is 0 Å². The molecule has 1 saturated heterocycles. The van der Waals surface area contributed by atoms with E-state index in [-0.39, 0.29) is 23.8 Å². The van der Waals surface area contributed by atoms with Crippen LogP contribution in [0.1, 0.15) is 45.1 Å². The first-order valence-corrected chi connectivity index (χ1v) is 10.4. The van der Waals surface area contributed by atoms with Gasteiger partial charge in [0.05, 0.1) is 11.1 Å². The molecule has 6 heteroatoms. The third kappa shape index (κ3) is 4.86. The summed E-state index contributed by atoms with van der Waals surface area (Å²) in [4.78, 5) is 33.0. The molecule has 2 aliphatic heterocycles. The van der Waals surface area contributed by atoms with Crippen LogP contribution in [0.5, 0.6) is 0 Å². The molecular weight excluding hydrogens is 366 g/mol. The Balaban J connectivity index is 1.68. The van der Waals surface area contributed by atoms with E-state index in [0.717, 1.165) is 11.3 Å². The lowest BCUT2D eigenvalue weighted by molar-refractivity contribution is -0.144. The van der Waals surface area contributed by atoms with E-state index in [9.17, 15) is 9.59 Å². The fraction of sp³-hybridized carbons (Fsp3) is 0.522.